The monoisotopic (exact) mass is 430 g/mol. The quantitative estimate of drug-likeness (QED) is 0.812. The Kier molecular flexibility index (Phi) is 4.90. The van der Waals surface area contributed by atoms with Gasteiger partial charge < -0.3 is 9.32 Å². The lowest BCUT2D eigenvalue weighted by Crippen LogP contribution is -3.12. The number of amides is 1. The summed E-state index contributed by atoms with van der Waals surface area (Å²) in [6.45, 7) is 1.30. The largest absolute Gasteiger partial charge is 0.463 e. The summed E-state index contributed by atoms with van der Waals surface area (Å²) in [6, 6.07) is 14.1. The average Bonchev–Trinajstić information content (AvgIpc) is 3.15. The summed E-state index contributed by atoms with van der Waals surface area (Å²) in [6.07, 6.45) is 2.00. The molecule has 1 aromatic carbocycles. The third-order valence-electron chi connectivity index (χ3n) is 4.67. The Morgan fingerprint density at radius 2 is 2.27 bits per heavy atom. The lowest BCUT2D eigenvalue weighted by molar-refractivity contribution is -0.911. The number of fused-ring (bicyclic) bond motifs is 1. The van der Waals surface area contributed by atoms with E-state index in [4.69, 9.17) is 4.42 Å². The minimum absolute atomic E-state index is 0.0770. The van der Waals surface area contributed by atoms with Crippen molar-refractivity contribution in [3.05, 3.63) is 69.1 Å². The molecule has 7 heteroatoms. The van der Waals surface area contributed by atoms with E-state index in [1.165, 1.54) is 4.90 Å². The summed E-state index contributed by atoms with van der Waals surface area (Å²) in [7, 11) is 0. The molecule has 2 aliphatic heterocycles. The second-order valence-electron chi connectivity index (χ2n) is 6.42. The predicted octanol–water partition coefficient (Wildman–Crippen LogP) is 2.84. The number of furan rings is 1. The zero-order valence-electron chi connectivity index (χ0n) is 13.9. The smallest absolute Gasteiger partial charge is 0.232 e. The van der Waals surface area contributed by atoms with Gasteiger partial charge in [0.15, 0.2) is 12.4 Å². The molecule has 5 nitrogen and oxygen atoms in total. The van der Waals surface area contributed by atoms with E-state index in [1.54, 1.807) is 22.9 Å². The third-order valence-corrected chi connectivity index (χ3v) is 6.43. The molecule has 0 bridgehead atoms. The predicted molar refractivity (Wildman–Crippen MR) is 102 cm³/mol. The molecule has 0 spiro atoms. The van der Waals surface area contributed by atoms with E-state index < -0.39 is 0 Å². The summed E-state index contributed by atoms with van der Waals surface area (Å²) < 4.78 is 6.38. The van der Waals surface area contributed by atoms with Gasteiger partial charge in [-0.2, -0.15) is 5.26 Å². The first-order valence-electron chi connectivity index (χ1n) is 8.34. The van der Waals surface area contributed by atoms with Crippen molar-refractivity contribution in [2.75, 3.05) is 12.5 Å². The molecule has 0 radical (unpaired) electrons. The van der Waals surface area contributed by atoms with Crippen LogP contribution < -0.4 is 4.90 Å². The molecular formula is C19H17BrN3O2S+. The molecule has 0 saturated carbocycles. The first kappa shape index (κ1) is 17.4. The molecule has 4 rings (SSSR count). The van der Waals surface area contributed by atoms with Crippen LogP contribution in [0.3, 0.4) is 0 Å². The maximum absolute atomic E-state index is 12.8. The van der Waals surface area contributed by atoms with Crippen LogP contribution in [0.5, 0.6) is 0 Å². The van der Waals surface area contributed by atoms with Crippen LogP contribution in [0.4, 0.5) is 0 Å². The Morgan fingerprint density at radius 1 is 1.38 bits per heavy atom. The van der Waals surface area contributed by atoms with Gasteiger partial charge >= 0.3 is 0 Å². The van der Waals surface area contributed by atoms with E-state index in [2.05, 4.69) is 22.0 Å². The molecule has 2 aliphatic rings. The number of carbonyl (C=O) groups excluding carboxylic acids is 1. The number of nitriles is 1. The van der Waals surface area contributed by atoms with Gasteiger partial charge in [0.05, 0.1) is 17.9 Å². The lowest BCUT2D eigenvalue weighted by Gasteiger charge is -2.38. The normalized spacial score (nSPS) is 22.9. The van der Waals surface area contributed by atoms with E-state index in [0.717, 1.165) is 33.2 Å². The first-order valence-corrected chi connectivity index (χ1v) is 10.1. The Balaban J connectivity index is 1.62. The summed E-state index contributed by atoms with van der Waals surface area (Å²) in [5.41, 5.74) is 1.70. The number of hydrogen-bond acceptors (Lipinski definition) is 4. The van der Waals surface area contributed by atoms with Crippen molar-refractivity contribution < 1.29 is 14.1 Å². The minimum atomic E-state index is -0.171. The molecule has 1 aromatic heterocycles. The number of nitrogens with one attached hydrogen (secondary N) is 1. The number of benzene rings is 1. The zero-order chi connectivity index (χ0) is 18.1. The van der Waals surface area contributed by atoms with Gasteiger partial charge in [-0.1, -0.05) is 28.1 Å². The van der Waals surface area contributed by atoms with Gasteiger partial charge in [0.2, 0.25) is 5.91 Å². The van der Waals surface area contributed by atoms with Gasteiger partial charge in [0.25, 0.3) is 0 Å². The second kappa shape index (κ2) is 7.31. The van der Waals surface area contributed by atoms with Gasteiger partial charge in [0.1, 0.15) is 17.5 Å². The van der Waals surface area contributed by atoms with Crippen molar-refractivity contribution in [1.82, 2.24) is 4.90 Å². The molecule has 26 heavy (non-hydrogen) atoms. The maximum Gasteiger partial charge on any atom is 0.232 e. The van der Waals surface area contributed by atoms with Crippen molar-refractivity contribution in [2.45, 2.75) is 18.9 Å². The fraction of sp³-hybridized carbons (Fsp3) is 0.263. The standard InChI is InChI=1S/C19H16BrN3O2S/c20-14-4-1-3-13(7-14)16-8-18(24)23-11-22(10-15-5-2-6-25-15)12-26-19(23)17(16)9-21/h1-7,16H,8,10-12H2/p+1/t16-/m1/s1. The molecule has 1 amide bonds. The van der Waals surface area contributed by atoms with Crippen LogP contribution in [-0.2, 0) is 11.3 Å². The third kappa shape index (κ3) is 3.32. The van der Waals surface area contributed by atoms with Crippen LogP contribution in [0.25, 0.3) is 0 Å². The fourth-order valence-corrected chi connectivity index (χ4v) is 5.07. The molecule has 1 fully saturated rings. The molecule has 0 aliphatic carbocycles. The van der Waals surface area contributed by atoms with E-state index >= 15 is 0 Å². The molecular weight excluding hydrogens is 414 g/mol. The summed E-state index contributed by atoms with van der Waals surface area (Å²) in [5, 5.41) is 10.6. The van der Waals surface area contributed by atoms with Crippen LogP contribution in [-0.4, -0.2) is 23.4 Å². The highest BCUT2D eigenvalue weighted by atomic mass is 79.9. The number of hydrogen-bond donors (Lipinski definition) is 1. The van der Waals surface area contributed by atoms with E-state index in [0.29, 0.717) is 18.7 Å². The van der Waals surface area contributed by atoms with Gasteiger partial charge in [-0.3, -0.25) is 9.69 Å². The fourth-order valence-electron chi connectivity index (χ4n) is 3.45. The van der Waals surface area contributed by atoms with Gasteiger partial charge in [-0.25, -0.2) is 0 Å². The number of carbonyl (C=O) groups is 1. The lowest BCUT2D eigenvalue weighted by atomic mass is 9.86. The molecule has 1 unspecified atom stereocenters. The molecule has 3 heterocycles. The topological polar surface area (TPSA) is 61.7 Å². The van der Waals surface area contributed by atoms with Gasteiger partial charge in [-0.15, -0.1) is 0 Å². The molecule has 2 aromatic rings. The summed E-state index contributed by atoms with van der Waals surface area (Å²) in [4.78, 5) is 15.8. The Hall–Kier alpha value is -2.01. The van der Waals surface area contributed by atoms with E-state index in [-0.39, 0.29) is 11.8 Å². The first-order chi connectivity index (χ1) is 12.7. The van der Waals surface area contributed by atoms with Crippen molar-refractivity contribution >= 4 is 33.6 Å². The van der Waals surface area contributed by atoms with Gasteiger partial charge in [-0.05, 0) is 41.6 Å². The van der Waals surface area contributed by atoms with Crippen LogP contribution >= 0.6 is 27.7 Å². The highest BCUT2D eigenvalue weighted by Crippen LogP contribution is 2.40. The van der Waals surface area contributed by atoms with Crippen molar-refractivity contribution in [1.29, 1.82) is 5.26 Å². The number of rotatable bonds is 3. The van der Waals surface area contributed by atoms with Crippen LogP contribution in [0.15, 0.2) is 62.2 Å². The number of halogens is 1. The maximum atomic E-state index is 12.8. The number of quaternary nitrogens is 1. The Morgan fingerprint density at radius 3 is 3.00 bits per heavy atom. The van der Waals surface area contributed by atoms with Crippen molar-refractivity contribution in [3.8, 4) is 6.07 Å². The summed E-state index contributed by atoms with van der Waals surface area (Å²) in [5.74, 6) is 1.62. The van der Waals surface area contributed by atoms with Crippen molar-refractivity contribution in [3.63, 3.8) is 0 Å². The molecule has 1 N–H and O–H groups in total. The number of thioether (sulfide) groups is 1. The zero-order valence-corrected chi connectivity index (χ0v) is 16.3. The number of nitrogens with zero attached hydrogens (tertiary/aromatic N) is 2. The van der Waals surface area contributed by atoms with Crippen molar-refractivity contribution in [2.24, 2.45) is 0 Å². The minimum Gasteiger partial charge on any atom is -0.463 e. The summed E-state index contributed by atoms with van der Waals surface area (Å²) >= 11 is 5.07. The highest BCUT2D eigenvalue weighted by molar-refractivity contribution is 9.10. The number of allylic oxidation sites excluding steroid dienone is 1. The molecule has 132 valence electrons. The average molecular weight is 431 g/mol. The SMILES string of the molecule is N#CC1=C2SC[NH+](Cc3ccco3)CN2C(=O)C[C@@H]1c1cccc(Br)c1. The second-order valence-corrected chi connectivity index (χ2v) is 8.30. The Bertz CT molecular complexity index is 904. The van der Waals surface area contributed by atoms with Crippen LogP contribution in [0.1, 0.15) is 23.7 Å². The van der Waals surface area contributed by atoms with E-state index in [1.807, 2.05) is 36.4 Å². The van der Waals surface area contributed by atoms with E-state index in [9.17, 15) is 10.1 Å². The van der Waals surface area contributed by atoms with Crippen LogP contribution in [0.2, 0.25) is 0 Å². The Labute approximate surface area is 164 Å². The molecule has 1 saturated heterocycles. The highest BCUT2D eigenvalue weighted by Gasteiger charge is 2.40. The molecule has 2 atom stereocenters. The van der Waals surface area contributed by atoms with Gasteiger partial charge in [0, 0.05) is 16.8 Å². The van der Waals surface area contributed by atoms with Crippen LogP contribution in [0, 0.1) is 11.3 Å².